The standard InChI is InChI=1S/C13H12N4O2S/c1-9-10(15)4-2-5-11(9)17-20(18,19)13-6-3-7-16-12(13)8-14/h2-7,17H,15H2,1H3. The van der Waals surface area contributed by atoms with Crippen LogP contribution in [0.2, 0.25) is 0 Å². The van der Waals surface area contributed by atoms with E-state index in [0.717, 1.165) is 0 Å². The summed E-state index contributed by atoms with van der Waals surface area (Å²) in [5, 5.41) is 8.92. The Balaban J connectivity index is 2.47. The monoisotopic (exact) mass is 288 g/mol. The van der Waals surface area contributed by atoms with Crippen molar-refractivity contribution in [2.75, 3.05) is 10.5 Å². The van der Waals surface area contributed by atoms with Crippen LogP contribution in [-0.4, -0.2) is 13.4 Å². The summed E-state index contributed by atoms with van der Waals surface area (Å²) in [4.78, 5) is 3.58. The van der Waals surface area contributed by atoms with Gasteiger partial charge in [-0.2, -0.15) is 5.26 Å². The largest absolute Gasteiger partial charge is 0.398 e. The predicted molar refractivity (Wildman–Crippen MR) is 75.4 cm³/mol. The topological polar surface area (TPSA) is 109 Å². The summed E-state index contributed by atoms with van der Waals surface area (Å²) >= 11 is 0. The third kappa shape index (κ3) is 2.55. The van der Waals surface area contributed by atoms with Gasteiger partial charge >= 0.3 is 0 Å². The van der Waals surface area contributed by atoms with E-state index in [-0.39, 0.29) is 10.6 Å². The van der Waals surface area contributed by atoms with Crippen LogP contribution in [0.15, 0.2) is 41.4 Å². The maximum Gasteiger partial charge on any atom is 0.264 e. The molecule has 0 aliphatic rings. The number of anilines is 2. The molecule has 3 N–H and O–H groups in total. The zero-order chi connectivity index (χ0) is 14.8. The predicted octanol–water partition coefficient (Wildman–Crippen LogP) is 1.64. The fourth-order valence-electron chi connectivity index (χ4n) is 1.66. The zero-order valence-corrected chi connectivity index (χ0v) is 11.5. The van der Waals surface area contributed by atoms with E-state index in [2.05, 4.69) is 9.71 Å². The summed E-state index contributed by atoms with van der Waals surface area (Å²) in [5.74, 6) is 0. The highest BCUT2D eigenvalue weighted by molar-refractivity contribution is 7.92. The van der Waals surface area contributed by atoms with Crippen molar-refractivity contribution in [3.8, 4) is 6.07 Å². The molecule has 0 unspecified atom stereocenters. The minimum atomic E-state index is -3.89. The number of benzene rings is 1. The molecule has 20 heavy (non-hydrogen) atoms. The molecule has 7 heteroatoms. The van der Waals surface area contributed by atoms with Crippen molar-refractivity contribution in [3.05, 3.63) is 47.8 Å². The first-order valence-corrected chi connectivity index (χ1v) is 7.17. The molecule has 1 aromatic heterocycles. The Hall–Kier alpha value is -2.59. The van der Waals surface area contributed by atoms with E-state index in [1.165, 1.54) is 18.3 Å². The summed E-state index contributed by atoms with van der Waals surface area (Å²) in [6.45, 7) is 1.71. The number of rotatable bonds is 3. The molecule has 102 valence electrons. The third-order valence-corrected chi connectivity index (χ3v) is 4.18. The smallest absolute Gasteiger partial charge is 0.264 e. The van der Waals surface area contributed by atoms with E-state index in [0.29, 0.717) is 16.9 Å². The van der Waals surface area contributed by atoms with Gasteiger partial charge in [0, 0.05) is 11.9 Å². The van der Waals surface area contributed by atoms with Crippen LogP contribution in [0.1, 0.15) is 11.3 Å². The van der Waals surface area contributed by atoms with Crippen LogP contribution in [0.5, 0.6) is 0 Å². The van der Waals surface area contributed by atoms with Gasteiger partial charge in [0.05, 0.1) is 5.69 Å². The number of nitrogens with one attached hydrogen (secondary N) is 1. The molecule has 2 aromatic rings. The van der Waals surface area contributed by atoms with E-state index in [9.17, 15) is 8.42 Å². The minimum Gasteiger partial charge on any atom is -0.398 e. The molecule has 0 atom stereocenters. The highest BCUT2D eigenvalue weighted by atomic mass is 32.2. The number of nitrogens with two attached hydrogens (primary N) is 1. The molecule has 1 aromatic carbocycles. The molecular weight excluding hydrogens is 276 g/mol. The average Bonchev–Trinajstić information content (AvgIpc) is 2.43. The van der Waals surface area contributed by atoms with E-state index in [1.807, 2.05) is 0 Å². The van der Waals surface area contributed by atoms with Crippen molar-refractivity contribution in [1.29, 1.82) is 5.26 Å². The normalized spacial score (nSPS) is 10.8. The molecule has 0 fully saturated rings. The maximum atomic E-state index is 12.3. The van der Waals surface area contributed by atoms with Gasteiger partial charge in [0.2, 0.25) is 0 Å². The molecule has 0 amide bonds. The average molecular weight is 288 g/mol. The van der Waals surface area contributed by atoms with Crippen molar-refractivity contribution in [3.63, 3.8) is 0 Å². The highest BCUT2D eigenvalue weighted by Crippen LogP contribution is 2.24. The van der Waals surface area contributed by atoms with E-state index < -0.39 is 10.0 Å². The number of hydrogen-bond acceptors (Lipinski definition) is 5. The lowest BCUT2D eigenvalue weighted by Crippen LogP contribution is -2.16. The lowest BCUT2D eigenvalue weighted by atomic mass is 10.2. The first kappa shape index (κ1) is 13.8. The Kier molecular flexibility index (Phi) is 3.59. The highest BCUT2D eigenvalue weighted by Gasteiger charge is 2.20. The van der Waals surface area contributed by atoms with Crippen molar-refractivity contribution < 1.29 is 8.42 Å². The summed E-state index contributed by atoms with van der Waals surface area (Å²) in [6, 6.07) is 9.48. The van der Waals surface area contributed by atoms with Crippen LogP contribution in [0, 0.1) is 18.3 Å². The van der Waals surface area contributed by atoms with Crippen molar-refractivity contribution in [2.45, 2.75) is 11.8 Å². The van der Waals surface area contributed by atoms with Crippen LogP contribution >= 0.6 is 0 Å². The molecule has 0 bridgehead atoms. The van der Waals surface area contributed by atoms with Gasteiger partial charge in [-0.3, -0.25) is 4.72 Å². The summed E-state index contributed by atoms with van der Waals surface area (Å²) < 4.78 is 27.0. The third-order valence-electron chi connectivity index (χ3n) is 2.79. The molecule has 0 radical (unpaired) electrons. The second-order valence-corrected chi connectivity index (χ2v) is 5.74. The molecular formula is C13H12N4O2S. The molecule has 0 aliphatic heterocycles. The van der Waals surface area contributed by atoms with Crippen molar-refractivity contribution in [2.24, 2.45) is 0 Å². The number of nitrogen functional groups attached to an aromatic ring is 1. The first-order valence-electron chi connectivity index (χ1n) is 5.69. The van der Waals surface area contributed by atoms with Gasteiger partial charge < -0.3 is 5.73 Å². The van der Waals surface area contributed by atoms with Gasteiger partial charge in [-0.25, -0.2) is 13.4 Å². The Labute approximate surface area is 116 Å². The van der Waals surface area contributed by atoms with Crippen LogP contribution < -0.4 is 10.5 Å². The number of hydrogen-bond donors (Lipinski definition) is 2. The number of pyridine rings is 1. The zero-order valence-electron chi connectivity index (χ0n) is 10.7. The molecule has 0 saturated carbocycles. The Bertz CT molecular complexity index is 794. The van der Waals surface area contributed by atoms with Crippen LogP contribution in [-0.2, 0) is 10.0 Å². The Morgan fingerprint density at radius 1 is 1.30 bits per heavy atom. The first-order chi connectivity index (χ1) is 9.45. The molecule has 2 rings (SSSR count). The quantitative estimate of drug-likeness (QED) is 0.834. The SMILES string of the molecule is Cc1c(N)cccc1NS(=O)(=O)c1cccnc1C#N. The van der Waals surface area contributed by atoms with Gasteiger partial charge in [0.25, 0.3) is 10.0 Å². The Morgan fingerprint density at radius 2 is 2.05 bits per heavy atom. The molecule has 0 saturated heterocycles. The van der Waals surface area contributed by atoms with Crippen LogP contribution in [0.3, 0.4) is 0 Å². The molecule has 6 nitrogen and oxygen atoms in total. The number of sulfonamides is 1. The summed E-state index contributed by atoms with van der Waals surface area (Å²) in [7, 11) is -3.89. The number of nitriles is 1. The fourth-order valence-corrected chi connectivity index (χ4v) is 2.89. The Morgan fingerprint density at radius 3 is 2.75 bits per heavy atom. The van der Waals surface area contributed by atoms with E-state index in [1.54, 1.807) is 31.2 Å². The number of nitrogens with zero attached hydrogens (tertiary/aromatic N) is 2. The molecule has 0 aliphatic carbocycles. The van der Waals surface area contributed by atoms with Gasteiger partial charge in [0.1, 0.15) is 11.0 Å². The summed E-state index contributed by atoms with van der Waals surface area (Å²) in [5.41, 5.74) is 7.06. The second-order valence-electron chi connectivity index (χ2n) is 4.09. The van der Waals surface area contributed by atoms with Gasteiger partial charge in [-0.15, -0.1) is 0 Å². The second kappa shape index (κ2) is 5.19. The van der Waals surface area contributed by atoms with Crippen molar-refractivity contribution >= 4 is 21.4 Å². The molecule has 0 spiro atoms. The maximum absolute atomic E-state index is 12.3. The number of aromatic nitrogens is 1. The lowest BCUT2D eigenvalue weighted by Gasteiger charge is -2.12. The minimum absolute atomic E-state index is 0.151. The van der Waals surface area contributed by atoms with Gasteiger partial charge in [0.15, 0.2) is 5.69 Å². The molecule has 1 heterocycles. The fraction of sp³-hybridized carbons (Fsp3) is 0.0769. The van der Waals surface area contributed by atoms with Crippen LogP contribution in [0.4, 0.5) is 11.4 Å². The van der Waals surface area contributed by atoms with E-state index in [4.69, 9.17) is 11.0 Å². The van der Waals surface area contributed by atoms with E-state index >= 15 is 0 Å². The van der Waals surface area contributed by atoms with Gasteiger partial charge in [-0.05, 0) is 36.8 Å². The van der Waals surface area contributed by atoms with Crippen LogP contribution in [0.25, 0.3) is 0 Å². The summed E-state index contributed by atoms with van der Waals surface area (Å²) in [6.07, 6.45) is 1.36. The van der Waals surface area contributed by atoms with Crippen molar-refractivity contribution in [1.82, 2.24) is 4.98 Å². The van der Waals surface area contributed by atoms with Gasteiger partial charge in [-0.1, -0.05) is 6.07 Å². The lowest BCUT2D eigenvalue weighted by molar-refractivity contribution is 0.600.